The Hall–Kier alpha value is -0.120. The molecular weight excluding hydrogens is 154 g/mol. The molecule has 1 fully saturated rings. The van der Waals surface area contributed by atoms with Crippen LogP contribution in [0.5, 0.6) is 0 Å². The van der Waals surface area contributed by atoms with Gasteiger partial charge in [0.1, 0.15) is 6.23 Å². The molecule has 0 aromatic rings. The summed E-state index contributed by atoms with van der Waals surface area (Å²) < 4.78 is 0. The van der Waals surface area contributed by atoms with E-state index < -0.39 is 6.23 Å². The van der Waals surface area contributed by atoms with Gasteiger partial charge < -0.3 is 10.2 Å². The lowest BCUT2D eigenvalue weighted by atomic mass is 10.0. The van der Waals surface area contributed by atoms with Crippen molar-refractivity contribution >= 4 is 0 Å². The zero-order valence-electron chi connectivity index (χ0n) is 7.88. The van der Waals surface area contributed by atoms with Crippen LogP contribution in [0.25, 0.3) is 0 Å². The summed E-state index contributed by atoms with van der Waals surface area (Å²) in [4.78, 5) is 0. The minimum atomic E-state index is -0.433. The number of hydrogen-bond acceptors (Lipinski definition) is 3. The summed E-state index contributed by atoms with van der Waals surface area (Å²) in [6.07, 6.45) is 2.42. The van der Waals surface area contributed by atoms with Crippen molar-refractivity contribution in [3.05, 3.63) is 0 Å². The Morgan fingerprint density at radius 3 is 2.33 bits per heavy atom. The van der Waals surface area contributed by atoms with Crippen LogP contribution in [-0.2, 0) is 0 Å². The third-order valence-electron chi connectivity index (χ3n) is 2.78. The standard InChI is InChI=1S/C9H19NO2/c1-3-9(4-5-9)8(12)10-6-7(2)11/h7-8,10-12H,3-6H2,1-2H3. The van der Waals surface area contributed by atoms with Crippen molar-refractivity contribution in [3.8, 4) is 0 Å². The maximum Gasteiger partial charge on any atom is 0.110 e. The van der Waals surface area contributed by atoms with E-state index in [1.54, 1.807) is 6.92 Å². The second-order valence-corrected chi connectivity index (χ2v) is 3.88. The van der Waals surface area contributed by atoms with Gasteiger partial charge in [0.05, 0.1) is 6.10 Å². The van der Waals surface area contributed by atoms with Crippen molar-refractivity contribution < 1.29 is 10.2 Å². The monoisotopic (exact) mass is 173 g/mol. The van der Waals surface area contributed by atoms with Gasteiger partial charge in [-0.1, -0.05) is 6.92 Å². The van der Waals surface area contributed by atoms with Gasteiger partial charge in [0, 0.05) is 12.0 Å². The maximum absolute atomic E-state index is 9.67. The fourth-order valence-corrected chi connectivity index (χ4v) is 1.48. The van der Waals surface area contributed by atoms with Gasteiger partial charge in [0.25, 0.3) is 0 Å². The molecule has 0 amide bonds. The van der Waals surface area contributed by atoms with Gasteiger partial charge in [0.15, 0.2) is 0 Å². The average Bonchev–Trinajstić information content (AvgIpc) is 2.80. The minimum absolute atomic E-state index is 0.120. The highest BCUT2D eigenvalue weighted by Gasteiger charge is 2.46. The molecule has 0 radical (unpaired) electrons. The molecule has 0 aliphatic heterocycles. The predicted octanol–water partition coefficient (Wildman–Crippen LogP) is 0.465. The van der Waals surface area contributed by atoms with Gasteiger partial charge >= 0.3 is 0 Å². The van der Waals surface area contributed by atoms with Crippen LogP contribution in [-0.4, -0.2) is 29.1 Å². The van der Waals surface area contributed by atoms with Crippen LogP contribution in [0.1, 0.15) is 33.1 Å². The maximum atomic E-state index is 9.67. The third kappa shape index (κ3) is 2.19. The number of rotatable bonds is 5. The molecule has 1 saturated carbocycles. The number of aliphatic hydroxyl groups is 2. The highest BCUT2D eigenvalue weighted by Crippen LogP contribution is 2.50. The second kappa shape index (κ2) is 3.73. The summed E-state index contributed by atoms with van der Waals surface area (Å²) in [7, 11) is 0. The van der Waals surface area contributed by atoms with E-state index in [-0.39, 0.29) is 11.5 Å². The van der Waals surface area contributed by atoms with E-state index in [9.17, 15) is 5.11 Å². The Bertz CT molecular complexity index is 143. The summed E-state index contributed by atoms with van der Waals surface area (Å²) >= 11 is 0. The van der Waals surface area contributed by atoms with Crippen LogP contribution < -0.4 is 5.32 Å². The Balaban J connectivity index is 2.23. The number of aliphatic hydroxyl groups excluding tert-OH is 2. The van der Waals surface area contributed by atoms with Crippen LogP contribution in [0.4, 0.5) is 0 Å². The van der Waals surface area contributed by atoms with Gasteiger partial charge in [-0.25, -0.2) is 0 Å². The van der Waals surface area contributed by atoms with E-state index in [4.69, 9.17) is 5.11 Å². The van der Waals surface area contributed by atoms with Crippen LogP contribution in [0.2, 0.25) is 0 Å². The van der Waals surface area contributed by atoms with Gasteiger partial charge in [-0.3, -0.25) is 5.32 Å². The quantitative estimate of drug-likeness (QED) is 0.530. The first-order chi connectivity index (χ1) is 5.60. The Morgan fingerprint density at radius 2 is 2.00 bits per heavy atom. The molecule has 3 N–H and O–H groups in total. The van der Waals surface area contributed by atoms with Gasteiger partial charge in [-0.2, -0.15) is 0 Å². The van der Waals surface area contributed by atoms with Crippen LogP contribution in [0.3, 0.4) is 0 Å². The van der Waals surface area contributed by atoms with Crippen LogP contribution in [0.15, 0.2) is 0 Å². The fourth-order valence-electron chi connectivity index (χ4n) is 1.48. The second-order valence-electron chi connectivity index (χ2n) is 3.88. The van der Waals surface area contributed by atoms with Gasteiger partial charge in [0.2, 0.25) is 0 Å². The van der Waals surface area contributed by atoms with E-state index in [0.29, 0.717) is 6.54 Å². The van der Waals surface area contributed by atoms with E-state index >= 15 is 0 Å². The molecular formula is C9H19NO2. The van der Waals surface area contributed by atoms with E-state index in [1.165, 1.54) is 0 Å². The summed E-state index contributed by atoms with van der Waals surface area (Å²) in [5.74, 6) is 0. The fraction of sp³-hybridized carbons (Fsp3) is 1.00. The lowest BCUT2D eigenvalue weighted by Gasteiger charge is -2.22. The molecule has 72 valence electrons. The minimum Gasteiger partial charge on any atom is -0.392 e. The van der Waals surface area contributed by atoms with E-state index in [0.717, 1.165) is 19.3 Å². The lowest BCUT2D eigenvalue weighted by molar-refractivity contribution is 0.0450. The summed E-state index contributed by atoms with van der Waals surface area (Å²) in [5.41, 5.74) is 0.120. The Labute approximate surface area is 73.8 Å². The number of nitrogens with one attached hydrogen (secondary N) is 1. The first kappa shape index (κ1) is 9.96. The van der Waals surface area contributed by atoms with Crippen LogP contribution in [0, 0.1) is 5.41 Å². The molecule has 1 rings (SSSR count). The van der Waals surface area contributed by atoms with Crippen molar-refractivity contribution in [2.45, 2.75) is 45.4 Å². The first-order valence-corrected chi connectivity index (χ1v) is 4.70. The lowest BCUT2D eigenvalue weighted by Crippen LogP contribution is -2.40. The third-order valence-corrected chi connectivity index (χ3v) is 2.78. The number of hydrogen-bond donors (Lipinski definition) is 3. The first-order valence-electron chi connectivity index (χ1n) is 4.70. The molecule has 0 spiro atoms. The summed E-state index contributed by atoms with van der Waals surface area (Å²) in [5, 5.41) is 21.6. The van der Waals surface area contributed by atoms with Crippen molar-refractivity contribution in [1.82, 2.24) is 5.32 Å². The average molecular weight is 173 g/mol. The van der Waals surface area contributed by atoms with E-state index in [2.05, 4.69) is 12.2 Å². The predicted molar refractivity (Wildman–Crippen MR) is 47.6 cm³/mol. The van der Waals surface area contributed by atoms with Gasteiger partial charge in [-0.05, 0) is 26.2 Å². The van der Waals surface area contributed by atoms with Crippen LogP contribution >= 0.6 is 0 Å². The molecule has 1 aliphatic rings. The molecule has 0 bridgehead atoms. The molecule has 1 aliphatic carbocycles. The topological polar surface area (TPSA) is 52.5 Å². The molecule has 3 nitrogen and oxygen atoms in total. The molecule has 0 aromatic heterocycles. The highest BCUT2D eigenvalue weighted by molar-refractivity contribution is 4.96. The molecule has 2 unspecified atom stereocenters. The summed E-state index contributed by atoms with van der Waals surface area (Å²) in [6.45, 7) is 4.29. The Morgan fingerprint density at radius 1 is 1.42 bits per heavy atom. The zero-order chi connectivity index (χ0) is 9.19. The molecule has 12 heavy (non-hydrogen) atoms. The normalized spacial score (nSPS) is 25.0. The largest absolute Gasteiger partial charge is 0.392 e. The van der Waals surface area contributed by atoms with Crippen molar-refractivity contribution in [1.29, 1.82) is 0 Å². The summed E-state index contributed by atoms with van der Waals surface area (Å²) in [6, 6.07) is 0. The molecule has 0 saturated heterocycles. The zero-order valence-corrected chi connectivity index (χ0v) is 7.88. The highest BCUT2D eigenvalue weighted by atomic mass is 16.3. The SMILES string of the molecule is CCC1(C(O)NCC(C)O)CC1. The van der Waals surface area contributed by atoms with E-state index in [1.807, 2.05) is 0 Å². The molecule has 3 heteroatoms. The van der Waals surface area contributed by atoms with Crippen molar-refractivity contribution in [2.24, 2.45) is 5.41 Å². The van der Waals surface area contributed by atoms with Crippen molar-refractivity contribution in [3.63, 3.8) is 0 Å². The smallest absolute Gasteiger partial charge is 0.110 e. The molecule has 2 atom stereocenters. The Kier molecular flexibility index (Phi) is 3.09. The van der Waals surface area contributed by atoms with Gasteiger partial charge in [-0.15, -0.1) is 0 Å². The van der Waals surface area contributed by atoms with Crippen molar-refractivity contribution in [2.75, 3.05) is 6.54 Å². The molecule has 0 heterocycles. The molecule has 0 aromatic carbocycles.